The number of nitrogens with one attached hydrogen (secondary N) is 2. The van der Waals surface area contributed by atoms with Crippen LogP contribution in [0.5, 0.6) is 0 Å². The van der Waals surface area contributed by atoms with Gasteiger partial charge in [-0.05, 0) is 44.0 Å². The lowest BCUT2D eigenvalue weighted by Crippen LogP contribution is -2.62. The molecule has 174 valence electrons. The molecule has 6 nitrogen and oxygen atoms in total. The average molecular weight is 464 g/mol. The first-order valence-electron chi connectivity index (χ1n) is 12.2. The number of para-hydroxylation sites is 2. The second-order valence-electron chi connectivity index (χ2n) is 10.1. The van der Waals surface area contributed by atoms with Crippen LogP contribution in [-0.4, -0.2) is 35.1 Å². The minimum atomic E-state index is -1.38. The summed E-state index contributed by atoms with van der Waals surface area (Å²) in [6.07, 6.45) is 1.63. The number of aryl methyl sites for hydroxylation is 1. The lowest BCUT2D eigenvalue weighted by atomic mass is 9.57. The quantitative estimate of drug-likeness (QED) is 0.563. The summed E-state index contributed by atoms with van der Waals surface area (Å²) in [5, 5.41) is 6.15. The van der Waals surface area contributed by atoms with Crippen molar-refractivity contribution in [3.63, 3.8) is 0 Å². The fourth-order valence-electron chi connectivity index (χ4n) is 7.43. The smallest absolute Gasteiger partial charge is 0.251 e. The molecule has 7 rings (SSSR count). The molecule has 0 aliphatic carbocycles. The first kappa shape index (κ1) is 20.6. The third kappa shape index (κ3) is 2.26. The Morgan fingerprint density at radius 3 is 2.23 bits per heavy atom. The van der Waals surface area contributed by atoms with Gasteiger partial charge >= 0.3 is 0 Å². The molecule has 2 fully saturated rings. The molecule has 0 aromatic heterocycles. The molecule has 3 aromatic carbocycles. The minimum absolute atomic E-state index is 0.0807. The summed E-state index contributed by atoms with van der Waals surface area (Å²) >= 11 is 0. The Morgan fingerprint density at radius 1 is 0.857 bits per heavy atom. The summed E-state index contributed by atoms with van der Waals surface area (Å²) < 4.78 is 0. The highest BCUT2D eigenvalue weighted by Crippen LogP contribution is 2.67. The Hall–Kier alpha value is -3.77. The molecule has 2 spiro atoms. The molecule has 4 heterocycles. The fraction of sp³-hybridized carbons (Fsp3) is 0.276. The van der Waals surface area contributed by atoms with E-state index in [0.717, 1.165) is 29.5 Å². The normalized spacial score (nSPS) is 30.3. The molecule has 0 unspecified atom stereocenters. The largest absolute Gasteiger partial charge is 0.325 e. The summed E-state index contributed by atoms with van der Waals surface area (Å²) in [5.41, 5.74) is 1.86. The van der Waals surface area contributed by atoms with Crippen molar-refractivity contribution in [3.8, 4) is 0 Å². The van der Waals surface area contributed by atoms with Gasteiger partial charge in [0.1, 0.15) is 11.0 Å². The molecular weight excluding hydrogens is 438 g/mol. The van der Waals surface area contributed by atoms with Gasteiger partial charge in [-0.2, -0.15) is 0 Å². The van der Waals surface area contributed by atoms with Gasteiger partial charge in [0.2, 0.25) is 5.91 Å². The van der Waals surface area contributed by atoms with E-state index in [1.165, 1.54) is 0 Å². The molecule has 2 N–H and O–H groups in total. The number of nitrogens with zero attached hydrogens (tertiary/aromatic N) is 1. The summed E-state index contributed by atoms with van der Waals surface area (Å²) in [6, 6.07) is 22.5. The first-order valence-corrected chi connectivity index (χ1v) is 12.2. The third-order valence-corrected chi connectivity index (χ3v) is 8.62. The maximum absolute atomic E-state index is 14.4. The van der Waals surface area contributed by atoms with E-state index in [-0.39, 0.29) is 23.6 Å². The maximum Gasteiger partial charge on any atom is 0.251 e. The fourth-order valence-corrected chi connectivity index (χ4v) is 7.43. The van der Waals surface area contributed by atoms with Crippen LogP contribution in [0.4, 0.5) is 11.4 Å². The number of carbonyl (C=O) groups excluding carboxylic acids is 3. The lowest BCUT2D eigenvalue weighted by Gasteiger charge is -2.43. The molecular formula is C29H25N3O3. The zero-order chi connectivity index (χ0) is 23.9. The van der Waals surface area contributed by atoms with Crippen LogP contribution in [0.3, 0.4) is 0 Å². The molecule has 6 heteroatoms. The molecule has 2 saturated heterocycles. The van der Waals surface area contributed by atoms with Crippen molar-refractivity contribution in [1.82, 2.24) is 4.90 Å². The number of carbonyl (C=O) groups is 3. The van der Waals surface area contributed by atoms with E-state index in [1.807, 2.05) is 79.7 Å². The number of anilines is 2. The van der Waals surface area contributed by atoms with Gasteiger partial charge in [-0.15, -0.1) is 0 Å². The van der Waals surface area contributed by atoms with Crippen molar-refractivity contribution in [1.29, 1.82) is 0 Å². The van der Waals surface area contributed by atoms with Crippen molar-refractivity contribution in [3.05, 3.63) is 95.1 Å². The Balaban J connectivity index is 1.58. The van der Waals surface area contributed by atoms with Gasteiger partial charge in [-0.3, -0.25) is 19.3 Å². The molecule has 0 saturated carbocycles. The van der Waals surface area contributed by atoms with Crippen LogP contribution in [-0.2, 0) is 20.5 Å². The van der Waals surface area contributed by atoms with Crippen molar-refractivity contribution in [2.24, 2.45) is 5.92 Å². The number of Topliss-reactive ketones (excluding diaryl/α,β-unsaturated/α-hetero) is 1. The molecule has 4 aliphatic rings. The molecule has 0 radical (unpaired) electrons. The number of benzene rings is 3. The zero-order valence-corrected chi connectivity index (χ0v) is 19.4. The SMILES string of the molecule is Cc1ccc(C(=O)[C@H]2[C@@H]3CCCN3[C@]3(C(=O)Nc4ccccc43)[C@]23C(=O)Nc2ccccc23)cc1. The third-order valence-electron chi connectivity index (χ3n) is 8.62. The van der Waals surface area contributed by atoms with Crippen molar-refractivity contribution >= 4 is 29.0 Å². The number of hydrogen-bond donors (Lipinski definition) is 2. The van der Waals surface area contributed by atoms with Gasteiger partial charge in [0.05, 0.1) is 5.92 Å². The van der Waals surface area contributed by atoms with E-state index in [0.29, 0.717) is 23.5 Å². The standard InChI is InChI=1S/C29H25N3O3/c1-17-12-14-18(15-13-17)25(33)24-23-11-6-16-32(23)29(20-8-3-5-10-22(20)31-27(29)35)28(24)19-7-2-4-9-21(19)30-26(28)34/h2-5,7-10,12-15,23-24H,6,11,16H2,1H3,(H,30,34)(H,31,35)/t23-,24+,28-,29+/m0/s1. The van der Waals surface area contributed by atoms with E-state index in [1.54, 1.807) is 0 Å². The van der Waals surface area contributed by atoms with Crippen LogP contribution >= 0.6 is 0 Å². The predicted molar refractivity (Wildman–Crippen MR) is 132 cm³/mol. The van der Waals surface area contributed by atoms with Gasteiger partial charge in [0.25, 0.3) is 5.91 Å². The van der Waals surface area contributed by atoms with E-state index in [4.69, 9.17) is 0 Å². The van der Waals surface area contributed by atoms with Crippen molar-refractivity contribution < 1.29 is 14.4 Å². The number of rotatable bonds is 2. The highest BCUT2D eigenvalue weighted by atomic mass is 16.2. The molecule has 0 bridgehead atoms. The number of hydrogen-bond acceptors (Lipinski definition) is 4. The van der Waals surface area contributed by atoms with Gasteiger partial charge < -0.3 is 10.6 Å². The molecule has 3 aromatic rings. The minimum Gasteiger partial charge on any atom is -0.325 e. The second-order valence-corrected chi connectivity index (χ2v) is 10.1. The topological polar surface area (TPSA) is 78.5 Å². The summed E-state index contributed by atoms with van der Waals surface area (Å²) in [6.45, 7) is 2.64. The van der Waals surface area contributed by atoms with Crippen LogP contribution in [0.2, 0.25) is 0 Å². The Morgan fingerprint density at radius 2 is 1.49 bits per heavy atom. The van der Waals surface area contributed by atoms with Gasteiger partial charge in [-0.1, -0.05) is 66.2 Å². The monoisotopic (exact) mass is 463 g/mol. The summed E-state index contributed by atoms with van der Waals surface area (Å²) in [4.78, 5) is 45.2. The van der Waals surface area contributed by atoms with E-state index >= 15 is 0 Å². The van der Waals surface area contributed by atoms with Crippen LogP contribution in [0, 0.1) is 12.8 Å². The Labute approximate surface area is 203 Å². The van der Waals surface area contributed by atoms with Gasteiger partial charge in [0, 0.05) is 28.5 Å². The Bertz CT molecular complexity index is 1430. The summed E-state index contributed by atoms with van der Waals surface area (Å²) in [5.74, 6) is -1.28. The molecule has 4 atom stereocenters. The second kappa shape index (κ2) is 6.89. The molecule has 2 amide bonds. The van der Waals surface area contributed by atoms with Crippen LogP contribution in [0.1, 0.15) is 39.9 Å². The Kier molecular flexibility index (Phi) is 4.05. The first-order chi connectivity index (χ1) is 17.0. The van der Waals surface area contributed by atoms with Crippen LogP contribution in [0.15, 0.2) is 72.8 Å². The highest BCUT2D eigenvalue weighted by Gasteiger charge is 2.81. The van der Waals surface area contributed by atoms with Crippen molar-refractivity contribution in [2.75, 3.05) is 17.2 Å². The van der Waals surface area contributed by atoms with Gasteiger partial charge in [-0.25, -0.2) is 0 Å². The average Bonchev–Trinajstić information content (AvgIpc) is 3.58. The number of amides is 2. The number of ketones is 1. The van der Waals surface area contributed by atoms with E-state index in [2.05, 4.69) is 15.5 Å². The van der Waals surface area contributed by atoms with Crippen LogP contribution in [0.25, 0.3) is 0 Å². The number of fused-ring (bicyclic) bond motifs is 7. The van der Waals surface area contributed by atoms with Crippen molar-refractivity contribution in [2.45, 2.75) is 36.8 Å². The summed E-state index contributed by atoms with van der Waals surface area (Å²) in [7, 11) is 0. The van der Waals surface area contributed by atoms with Crippen LogP contribution < -0.4 is 10.6 Å². The lowest BCUT2D eigenvalue weighted by molar-refractivity contribution is -0.137. The molecule has 4 aliphatic heterocycles. The highest BCUT2D eigenvalue weighted by molar-refractivity contribution is 6.21. The van der Waals surface area contributed by atoms with E-state index < -0.39 is 16.9 Å². The maximum atomic E-state index is 14.4. The molecule has 35 heavy (non-hydrogen) atoms. The zero-order valence-electron chi connectivity index (χ0n) is 19.4. The predicted octanol–water partition coefficient (Wildman–Crippen LogP) is 4.01. The van der Waals surface area contributed by atoms with Gasteiger partial charge in [0.15, 0.2) is 5.78 Å². The van der Waals surface area contributed by atoms with E-state index in [9.17, 15) is 14.4 Å².